The Morgan fingerprint density at radius 2 is 1.92 bits per heavy atom. The number of likely N-dealkylation sites (tertiary alicyclic amines) is 1. The summed E-state index contributed by atoms with van der Waals surface area (Å²) >= 11 is 0. The fourth-order valence-corrected chi connectivity index (χ4v) is 2.71. The summed E-state index contributed by atoms with van der Waals surface area (Å²) < 4.78 is 22.8. The van der Waals surface area contributed by atoms with Crippen LogP contribution in [0, 0.1) is 5.92 Å². The van der Waals surface area contributed by atoms with Crippen molar-refractivity contribution in [3.05, 3.63) is 0 Å². The highest BCUT2D eigenvalue weighted by Crippen LogP contribution is 2.17. The normalized spacial score (nSPS) is 21.3. The first kappa shape index (κ1) is 9.99. The van der Waals surface area contributed by atoms with Gasteiger partial charge < -0.3 is 4.90 Å². The molecule has 0 amide bonds. The van der Waals surface area contributed by atoms with Crippen LogP contribution in [-0.2, 0) is 9.84 Å². The Balaban J connectivity index is 2.42. The van der Waals surface area contributed by atoms with Crippen molar-refractivity contribution in [1.29, 1.82) is 0 Å². The lowest BCUT2D eigenvalue weighted by Crippen LogP contribution is -2.47. The summed E-state index contributed by atoms with van der Waals surface area (Å²) in [5.41, 5.74) is 0. The van der Waals surface area contributed by atoms with Gasteiger partial charge in [0.2, 0.25) is 0 Å². The molecule has 0 atom stereocenters. The Kier molecular flexibility index (Phi) is 2.78. The zero-order valence-electron chi connectivity index (χ0n) is 7.95. The lowest BCUT2D eigenvalue weighted by Gasteiger charge is -2.36. The molecule has 0 spiro atoms. The van der Waals surface area contributed by atoms with E-state index in [1.165, 1.54) is 0 Å². The van der Waals surface area contributed by atoms with Crippen LogP contribution in [0.5, 0.6) is 0 Å². The van der Waals surface area contributed by atoms with Crippen molar-refractivity contribution in [1.82, 2.24) is 4.90 Å². The molecule has 0 unspecified atom stereocenters. The molecular weight excluding hydrogens is 174 g/mol. The fourth-order valence-electron chi connectivity index (χ4n) is 1.45. The van der Waals surface area contributed by atoms with Gasteiger partial charge in [0.15, 0.2) is 9.84 Å². The Morgan fingerprint density at radius 1 is 1.42 bits per heavy atom. The summed E-state index contributed by atoms with van der Waals surface area (Å²) in [5.74, 6) is 0.747. The van der Waals surface area contributed by atoms with Gasteiger partial charge in [-0.25, -0.2) is 8.42 Å². The first-order valence-electron chi connectivity index (χ1n) is 4.32. The molecule has 1 aliphatic rings. The number of hydrogen-bond acceptors (Lipinski definition) is 3. The van der Waals surface area contributed by atoms with Gasteiger partial charge in [-0.15, -0.1) is 0 Å². The summed E-state index contributed by atoms with van der Waals surface area (Å²) in [6, 6.07) is 0. The molecular formula is C8H17NO2S. The first-order valence-corrected chi connectivity index (χ1v) is 6.03. The second-order valence-electron chi connectivity index (χ2n) is 3.97. The van der Waals surface area contributed by atoms with Gasteiger partial charge >= 0.3 is 0 Å². The number of nitrogens with zero attached hydrogens (tertiary/aromatic N) is 1. The maximum absolute atomic E-state index is 11.4. The molecule has 0 aliphatic carbocycles. The first-order chi connectivity index (χ1) is 5.42. The molecule has 3 nitrogen and oxygen atoms in total. The molecule has 4 heteroatoms. The fraction of sp³-hybridized carbons (Fsp3) is 1.00. The Hall–Kier alpha value is -0.0900. The summed E-state index contributed by atoms with van der Waals surface area (Å²) in [4.78, 5) is 2.14. The predicted octanol–water partition coefficient (Wildman–Crippen LogP) is 0.371. The van der Waals surface area contributed by atoms with Gasteiger partial charge in [-0.05, 0) is 26.8 Å². The summed E-state index contributed by atoms with van der Waals surface area (Å²) in [6.45, 7) is 5.37. The van der Waals surface area contributed by atoms with Crippen molar-refractivity contribution in [3.63, 3.8) is 0 Å². The maximum atomic E-state index is 11.4. The van der Waals surface area contributed by atoms with Crippen LogP contribution in [0.4, 0.5) is 0 Å². The van der Waals surface area contributed by atoms with Gasteiger partial charge in [0, 0.05) is 13.1 Å². The summed E-state index contributed by atoms with van der Waals surface area (Å²) in [6.07, 6.45) is 0. The van der Waals surface area contributed by atoms with E-state index >= 15 is 0 Å². The molecule has 72 valence electrons. The molecule has 1 saturated heterocycles. The van der Waals surface area contributed by atoms with Gasteiger partial charge in [0.25, 0.3) is 0 Å². The average molecular weight is 191 g/mol. The molecule has 0 aromatic rings. The van der Waals surface area contributed by atoms with Crippen LogP contribution in [0.25, 0.3) is 0 Å². The second-order valence-corrected chi connectivity index (χ2v) is 6.57. The molecule has 0 radical (unpaired) electrons. The van der Waals surface area contributed by atoms with Crippen molar-refractivity contribution in [2.45, 2.75) is 19.1 Å². The molecule has 1 heterocycles. The minimum atomic E-state index is -2.81. The van der Waals surface area contributed by atoms with E-state index in [1.807, 2.05) is 7.05 Å². The van der Waals surface area contributed by atoms with E-state index in [1.54, 1.807) is 13.8 Å². The summed E-state index contributed by atoms with van der Waals surface area (Å²) in [7, 11) is -0.796. The van der Waals surface area contributed by atoms with E-state index in [4.69, 9.17) is 0 Å². The lowest BCUT2D eigenvalue weighted by molar-refractivity contribution is 0.151. The number of hydrogen-bond donors (Lipinski definition) is 0. The Bertz CT molecular complexity index is 240. The third-order valence-electron chi connectivity index (χ3n) is 2.33. The molecule has 1 rings (SSSR count). The average Bonchev–Trinajstić information content (AvgIpc) is 1.83. The van der Waals surface area contributed by atoms with Crippen LogP contribution in [0.1, 0.15) is 13.8 Å². The quantitative estimate of drug-likeness (QED) is 0.647. The summed E-state index contributed by atoms with van der Waals surface area (Å²) in [5, 5.41) is -0.219. The van der Waals surface area contributed by atoms with Crippen molar-refractivity contribution in [2.75, 3.05) is 25.9 Å². The van der Waals surface area contributed by atoms with Gasteiger partial charge in [-0.2, -0.15) is 0 Å². The highest BCUT2D eigenvalue weighted by Gasteiger charge is 2.29. The zero-order chi connectivity index (χ0) is 9.35. The van der Waals surface area contributed by atoms with Gasteiger partial charge in [-0.1, -0.05) is 0 Å². The van der Waals surface area contributed by atoms with E-state index in [0.29, 0.717) is 11.7 Å². The molecule has 0 N–H and O–H groups in total. The molecule has 1 aliphatic heterocycles. The van der Waals surface area contributed by atoms with Crippen LogP contribution in [0.3, 0.4) is 0 Å². The topological polar surface area (TPSA) is 37.4 Å². The third kappa shape index (κ3) is 2.20. The number of rotatable bonds is 3. The maximum Gasteiger partial charge on any atom is 0.152 e. The van der Waals surface area contributed by atoms with E-state index in [9.17, 15) is 8.42 Å². The zero-order valence-corrected chi connectivity index (χ0v) is 8.76. The van der Waals surface area contributed by atoms with Crippen LogP contribution in [0.2, 0.25) is 0 Å². The highest BCUT2D eigenvalue weighted by atomic mass is 32.2. The third-order valence-corrected chi connectivity index (χ3v) is 4.70. The Morgan fingerprint density at radius 3 is 2.25 bits per heavy atom. The number of sulfone groups is 1. The molecule has 0 saturated carbocycles. The predicted molar refractivity (Wildman–Crippen MR) is 49.9 cm³/mol. The second kappa shape index (κ2) is 3.34. The molecule has 0 aromatic heterocycles. The van der Waals surface area contributed by atoms with E-state index in [0.717, 1.165) is 13.1 Å². The van der Waals surface area contributed by atoms with E-state index < -0.39 is 9.84 Å². The molecule has 12 heavy (non-hydrogen) atoms. The highest BCUT2D eigenvalue weighted by molar-refractivity contribution is 7.91. The molecule has 0 bridgehead atoms. The van der Waals surface area contributed by atoms with Crippen LogP contribution in [0.15, 0.2) is 0 Å². The minimum absolute atomic E-state index is 0.219. The lowest BCUT2D eigenvalue weighted by atomic mass is 10.0. The Labute approximate surface area is 74.7 Å². The molecule has 0 aromatic carbocycles. The smallest absolute Gasteiger partial charge is 0.152 e. The minimum Gasteiger partial charge on any atom is -0.306 e. The van der Waals surface area contributed by atoms with Gasteiger partial charge in [0.05, 0.1) is 11.0 Å². The molecule has 1 fully saturated rings. The van der Waals surface area contributed by atoms with Crippen LogP contribution in [-0.4, -0.2) is 44.5 Å². The van der Waals surface area contributed by atoms with Crippen molar-refractivity contribution >= 4 is 9.84 Å². The SMILES string of the molecule is CC(C)S(=O)(=O)CC1CN(C)C1. The van der Waals surface area contributed by atoms with Crippen molar-refractivity contribution < 1.29 is 8.42 Å². The van der Waals surface area contributed by atoms with Crippen molar-refractivity contribution in [2.24, 2.45) is 5.92 Å². The van der Waals surface area contributed by atoms with Crippen molar-refractivity contribution in [3.8, 4) is 0 Å². The standard InChI is InChI=1S/C8H17NO2S/c1-7(2)12(10,11)6-8-4-9(3)5-8/h7-8H,4-6H2,1-3H3. The largest absolute Gasteiger partial charge is 0.306 e. The monoisotopic (exact) mass is 191 g/mol. The van der Waals surface area contributed by atoms with Gasteiger partial charge in [-0.3, -0.25) is 0 Å². The van der Waals surface area contributed by atoms with Gasteiger partial charge in [0.1, 0.15) is 0 Å². The van der Waals surface area contributed by atoms with Crippen LogP contribution >= 0.6 is 0 Å². The van der Waals surface area contributed by atoms with Crippen LogP contribution < -0.4 is 0 Å². The van der Waals surface area contributed by atoms with E-state index in [2.05, 4.69) is 4.90 Å². The van der Waals surface area contributed by atoms with E-state index in [-0.39, 0.29) is 5.25 Å².